The average Bonchev–Trinajstić information content (AvgIpc) is 2.83. The molecule has 176 valence electrons. The Morgan fingerprint density at radius 3 is 2.35 bits per heavy atom. The van der Waals surface area contributed by atoms with Crippen molar-refractivity contribution in [3.05, 3.63) is 72.4 Å². The van der Waals surface area contributed by atoms with Crippen LogP contribution in [0.3, 0.4) is 0 Å². The van der Waals surface area contributed by atoms with Crippen molar-refractivity contribution < 1.29 is 29.1 Å². The molecule has 0 unspecified atom stereocenters. The molecule has 0 aliphatic heterocycles. The van der Waals surface area contributed by atoms with Gasteiger partial charge in [0.2, 0.25) is 11.8 Å². The highest BCUT2D eigenvalue weighted by Gasteiger charge is 2.09. The van der Waals surface area contributed by atoms with Gasteiger partial charge in [-0.3, -0.25) is 19.6 Å². The highest BCUT2D eigenvalue weighted by atomic mass is 32.2. The Morgan fingerprint density at radius 1 is 0.971 bits per heavy atom. The Morgan fingerprint density at radius 2 is 1.68 bits per heavy atom. The maximum atomic E-state index is 12.4. The molecule has 0 aliphatic rings. The fourth-order valence-corrected chi connectivity index (χ4v) is 3.22. The summed E-state index contributed by atoms with van der Waals surface area (Å²) >= 11 is 0.841. The molecule has 0 bridgehead atoms. The number of hydrogen-bond donors (Lipinski definition) is 4. The lowest BCUT2D eigenvalue weighted by Crippen LogP contribution is -2.28. The fraction of sp³-hybridized carbons (Fsp3) is 0.130. The Labute approximate surface area is 199 Å². The second kappa shape index (κ2) is 12.2. The van der Waals surface area contributed by atoms with Crippen LogP contribution in [-0.4, -0.2) is 40.4 Å². The molecule has 1 heterocycles. The Bertz CT molecular complexity index is 1140. The smallest absolute Gasteiger partial charge is 0.307 e. The zero-order chi connectivity index (χ0) is 24.3. The van der Waals surface area contributed by atoms with E-state index in [-0.39, 0.29) is 36.5 Å². The number of carbonyl (C=O) groups is 3. The molecule has 0 spiro atoms. The molecule has 3 amide bonds. The number of ether oxygens (including phenoxy) is 2. The number of aromatic nitrogens is 1. The molecule has 0 atom stereocenters. The first kappa shape index (κ1) is 24.6. The van der Waals surface area contributed by atoms with Crippen molar-refractivity contribution in [3.8, 4) is 17.4 Å². The van der Waals surface area contributed by atoms with Gasteiger partial charge >= 0.3 is 5.24 Å². The molecule has 0 fully saturated rings. The molecule has 11 heteroatoms. The van der Waals surface area contributed by atoms with Crippen LogP contribution < -0.4 is 25.6 Å². The Balaban J connectivity index is 1.46. The third kappa shape index (κ3) is 7.80. The van der Waals surface area contributed by atoms with Gasteiger partial charge in [-0.05, 0) is 66.4 Å². The highest BCUT2D eigenvalue weighted by molar-refractivity contribution is 8.13. The van der Waals surface area contributed by atoms with Gasteiger partial charge in [0.25, 0.3) is 5.91 Å². The summed E-state index contributed by atoms with van der Waals surface area (Å²) in [6, 6.07) is 18.4. The number of rotatable bonds is 9. The summed E-state index contributed by atoms with van der Waals surface area (Å²) in [6.45, 7) is 1.91. The summed E-state index contributed by atoms with van der Waals surface area (Å²) in [5.74, 6) is 0.789. The second-order valence-electron chi connectivity index (χ2n) is 6.75. The molecule has 3 rings (SSSR count). The summed E-state index contributed by atoms with van der Waals surface area (Å²) < 4.78 is 11.3. The predicted molar refractivity (Wildman–Crippen MR) is 126 cm³/mol. The molecule has 3 aromatic rings. The van der Waals surface area contributed by atoms with E-state index >= 15 is 0 Å². The topological polar surface area (TPSA) is 139 Å². The Hall–Kier alpha value is -4.09. The number of nitrogens with one attached hydrogen (secondary N) is 3. The number of hydroxylamine groups is 1. The Kier molecular flexibility index (Phi) is 8.83. The van der Waals surface area contributed by atoms with Crippen LogP contribution in [0.25, 0.3) is 0 Å². The number of thioether (sulfide) groups is 1. The molecule has 0 saturated heterocycles. The molecule has 2 aromatic carbocycles. The van der Waals surface area contributed by atoms with Crippen molar-refractivity contribution in [1.82, 2.24) is 15.8 Å². The quantitative estimate of drug-likeness (QED) is 0.156. The van der Waals surface area contributed by atoms with E-state index in [4.69, 9.17) is 14.7 Å². The van der Waals surface area contributed by atoms with E-state index < -0.39 is 5.24 Å². The van der Waals surface area contributed by atoms with E-state index in [2.05, 4.69) is 15.6 Å². The zero-order valence-electron chi connectivity index (χ0n) is 18.1. The summed E-state index contributed by atoms with van der Waals surface area (Å²) in [6.07, 6.45) is 0. The van der Waals surface area contributed by atoms with Crippen molar-refractivity contribution in [2.75, 3.05) is 18.5 Å². The van der Waals surface area contributed by atoms with Gasteiger partial charge in [-0.1, -0.05) is 6.07 Å². The number of pyridine rings is 1. The van der Waals surface area contributed by atoms with Gasteiger partial charge in [0.05, 0.1) is 6.54 Å². The van der Waals surface area contributed by atoms with E-state index in [9.17, 15) is 14.4 Å². The van der Waals surface area contributed by atoms with E-state index in [1.165, 1.54) is 6.92 Å². The van der Waals surface area contributed by atoms with Crippen LogP contribution in [0.15, 0.2) is 71.6 Å². The van der Waals surface area contributed by atoms with Gasteiger partial charge in [0, 0.05) is 23.6 Å². The van der Waals surface area contributed by atoms with Gasteiger partial charge < -0.3 is 20.1 Å². The van der Waals surface area contributed by atoms with Gasteiger partial charge in [-0.25, -0.2) is 10.5 Å². The van der Waals surface area contributed by atoms with E-state index in [0.29, 0.717) is 22.1 Å². The number of amides is 3. The maximum absolute atomic E-state index is 12.4. The van der Waals surface area contributed by atoms with Crippen LogP contribution in [0, 0.1) is 0 Å². The van der Waals surface area contributed by atoms with Gasteiger partial charge in [-0.15, -0.1) is 0 Å². The first-order valence-electron chi connectivity index (χ1n) is 10.1. The van der Waals surface area contributed by atoms with Gasteiger partial charge in [-0.2, -0.15) is 0 Å². The van der Waals surface area contributed by atoms with Gasteiger partial charge in [0.1, 0.15) is 23.8 Å². The minimum absolute atomic E-state index is 0.166. The SMILES string of the molecule is CC(=O)Nc1ccc(Oc2cccc(C(=O)NCCOc3ccc(SC(=O)NO)cc3)n2)cc1. The maximum Gasteiger partial charge on any atom is 0.307 e. The molecular weight excluding hydrogens is 460 g/mol. The first-order chi connectivity index (χ1) is 16.4. The van der Waals surface area contributed by atoms with Crippen LogP contribution in [0.1, 0.15) is 17.4 Å². The molecule has 10 nitrogen and oxygen atoms in total. The average molecular weight is 483 g/mol. The molecular formula is C23H22N4O6S. The van der Waals surface area contributed by atoms with Gasteiger partial charge in [0.15, 0.2) is 0 Å². The number of carbonyl (C=O) groups excluding carboxylic acids is 3. The highest BCUT2D eigenvalue weighted by Crippen LogP contribution is 2.23. The third-order valence-electron chi connectivity index (χ3n) is 4.14. The minimum atomic E-state index is -0.584. The largest absolute Gasteiger partial charge is 0.492 e. The molecule has 34 heavy (non-hydrogen) atoms. The lowest BCUT2D eigenvalue weighted by molar-refractivity contribution is -0.114. The zero-order valence-corrected chi connectivity index (χ0v) is 18.9. The monoisotopic (exact) mass is 482 g/mol. The number of hydrogen-bond acceptors (Lipinski definition) is 8. The van der Waals surface area contributed by atoms with Crippen LogP contribution >= 0.6 is 11.8 Å². The van der Waals surface area contributed by atoms with E-state index in [0.717, 1.165) is 11.8 Å². The third-order valence-corrected chi connectivity index (χ3v) is 4.92. The van der Waals surface area contributed by atoms with E-state index in [1.54, 1.807) is 72.2 Å². The molecule has 0 saturated carbocycles. The first-order valence-corrected chi connectivity index (χ1v) is 10.9. The lowest BCUT2D eigenvalue weighted by atomic mass is 10.3. The molecule has 4 N–H and O–H groups in total. The van der Waals surface area contributed by atoms with Crippen LogP contribution in [0.5, 0.6) is 17.4 Å². The van der Waals surface area contributed by atoms with Crippen molar-refractivity contribution >= 4 is 34.5 Å². The lowest BCUT2D eigenvalue weighted by Gasteiger charge is -2.09. The minimum Gasteiger partial charge on any atom is -0.492 e. The second-order valence-corrected chi connectivity index (χ2v) is 7.79. The standard InChI is InChI=1S/C23H22N4O6S/c1-15(28)25-16-5-7-18(8-6-16)33-21-4-2-3-20(26-21)22(29)24-13-14-32-17-9-11-19(12-10-17)34-23(30)27-31/h2-12,31H,13-14H2,1H3,(H,24,29)(H,25,28)(H,27,30). The number of nitrogens with zero attached hydrogens (tertiary/aromatic N) is 1. The van der Waals surface area contributed by atoms with E-state index in [1.807, 2.05) is 0 Å². The number of anilines is 1. The van der Waals surface area contributed by atoms with Crippen molar-refractivity contribution in [1.29, 1.82) is 0 Å². The fourth-order valence-electron chi connectivity index (χ4n) is 2.69. The summed E-state index contributed by atoms with van der Waals surface area (Å²) in [7, 11) is 0. The summed E-state index contributed by atoms with van der Waals surface area (Å²) in [5, 5.41) is 13.3. The van der Waals surface area contributed by atoms with Crippen LogP contribution in [0.2, 0.25) is 0 Å². The normalized spacial score (nSPS) is 10.2. The predicted octanol–water partition coefficient (Wildman–Crippen LogP) is 3.83. The molecule has 0 aliphatic carbocycles. The summed E-state index contributed by atoms with van der Waals surface area (Å²) in [4.78, 5) is 39.5. The van der Waals surface area contributed by atoms with Crippen molar-refractivity contribution in [2.45, 2.75) is 11.8 Å². The van der Waals surface area contributed by atoms with Crippen molar-refractivity contribution in [3.63, 3.8) is 0 Å². The molecule has 1 aromatic heterocycles. The number of benzene rings is 2. The van der Waals surface area contributed by atoms with Crippen LogP contribution in [0.4, 0.5) is 10.5 Å². The summed E-state index contributed by atoms with van der Waals surface area (Å²) in [5.41, 5.74) is 2.38. The van der Waals surface area contributed by atoms with Crippen molar-refractivity contribution in [2.24, 2.45) is 0 Å². The molecule has 0 radical (unpaired) electrons. The van der Waals surface area contributed by atoms with Crippen LogP contribution in [-0.2, 0) is 4.79 Å².